The van der Waals surface area contributed by atoms with Crippen molar-refractivity contribution in [1.82, 2.24) is 15.1 Å². The minimum atomic E-state index is 0.713. The lowest BCUT2D eigenvalue weighted by atomic mass is 10.1. The number of likely N-dealkylation sites (tertiary alicyclic amines) is 1. The molecule has 0 aromatic heterocycles. The summed E-state index contributed by atoms with van der Waals surface area (Å²) in [7, 11) is 0. The van der Waals surface area contributed by atoms with Crippen LogP contribution in [-0.2, 0) is 0 Å². The third-order valence-electron chi connectivity index (χ3n) is 4.26. The molecule has 0 spiro atoms. The molecular formula is C13H27N3. The number of hydrogen-bond donors (Lipinski definition) is 1. The highest BCUT2D eigenvalue weighted by molar-refractivity contribution is 4.90. The third kappa shape index (κ3) is 2.58. The van der Waals surface area contributed by atoms with Gasteiger partial charge in [0, 0.05) is 37.8 Å². The van der Waals surface area contributed by atoms with Crippen LogP contribution < -0.4 is 5.32 Å². The van der Waals surface area contributed by atoms with E-state index in [2.05, 4.69) is 35.9 Å². The molecule has 2 unspecified atom stereocenters. The largest absolute Gasteiger partial charge is 0.315 e. The Labute approximate surface area is 100 Å². The van der Waals surface area contributed by atoms with Gasteiger partial charge in [-0.2, -0.15) is 0 Å². The lowest BCUT2D eigenvalue weighted by Gasteiger charge is -2.33. The van der Waals surface area contributed by atoms with E-state index in [1.165, 1.54) is 45.6 Å². The summed E-state index contributed by atoms with van der Waals surface area (Å²) in [5, 5.41) is 3.49. The van der Waals surface area contributed by atoms with Crippen LogP contribution in [0.5, 0.6) is 0 Å². The Hall–Kier alpha value is -0.120. The van der Waals surface area contributed by atoms with Gasteiger partial charge in [0.25, 0.3) is 0 Å². The average molecular weight is 225 g/mol. The Morgan fingerprint density at radius 3 is 2.62 bits per heavy atom. The first-order valence-electron chi connectivity index (χ1n) is 6.93. The molecule has 2 atom stereocenters. The molecule has 2 saturated heterocycles. The fourth-order valence-corrected chi connectivity index (χ4v) is 3.24. The molecule has 0 amide bonds. The summed E-state index contributed by atoms with van der Waals surface area (Å²) in [5.74, 6) is 0. The molecule has 0 saturated carbocycles. The highest BCUT2D eigenvalue weighted by Crippen LogP contribution is 2.21. The number of rotatable bonds is 4. The van der Waals surface area contributed by atoms with Crippen molar-refractivity contribution < 1.29 is 0 Å². The Kier molecular flexibility index (Phi) is 4.22. The van der Waals surface area contributed by atoms with Crippen molar-refractivity contribution in [2.75, 3.05) is 32.7 Å². The Balaban J connectivity index is 1.90. The van der Waals surface area contributed by atoms with E-state index in [-0.39, 0.29) is 0 Å². The van der Waals surface area contributed by atoms with Gasteiger partial charge >= 0.3 is 0 Å². The van der Waals surface area contributed by atoms with E-state index >= 15 is 0 Å². The zero-order valence-electron chi connectivity index (χ0n) is 11.1. The second kappa shape index (κ2) is 5.48. The molecule has 0 aromatic carbocycles. The van der Waals surface area contributed by atoms with Gasteiger partial charge in [-0.1, -0.05) is 6.92 Å². The van der Waals surface area contributed by atoms with Crippen molar-refractivity contribution in [2.45, 2.75) is 51.7 Å². The summed E-state index contributed by atoms with van der Waals surface area (Å²) in [6.45, 7) is 13.1. The normalized spacial score (nSPS) is 32.1. The molecule has 2 rings (SSSR count). The summed E-state index contributed by atoms with van der Waals surface area (Å²) in [6, 6.07) is 2.31. The van der Waals surface area contributed by atoms with Crippen LogP contribution in [0.1, 0.15) is 33.6 Å². The number of nitrogens with zero attached hydrogens (tertiary/aromatic N) is 2. The molecule has 0 bridgehead atoms. The Bertz CT molecular complexity index is 211. The summed E-state index contributed by atoms with van der Waals surface area (Å²) in [6.07, 6.45) is 2.70. The van der Waals surface area contributed by atoms with Gasteiger partial charge in [-0.05, 0) is 39.8 Å². The molecule has 94 valence electrons. The van der Waals surface area contributed by atoms with Crippen molar-refractivity contribution in [3.63, 3.8) is 0 Å². The Morgan fingerprint density at radius 1 is 1.31 bits per heavy atom. The van der Waals surface area contributed by atoms with E-state index in [1.807, 2.05) is 0 Å². The molecule has 16 heavy (non-hydrogen) atoms. The molecule has 3 nitrogen and oxygen atoms in total. The quantitative estimate of drug-likeness (QED) is 0.774. The molecule has 2 fully saturated rings. The maximum absolute atomic E-state index is 3.49. The number of hydrogen-bond acceptors (Lipinski definition) is 3. The summed E-state index contributed by atoms with van der Waals surface area (Å²) >= 11 is 0. The molecule has 3 heteroatoms. The van der Waals surface area contributed by atoms with Crippen LogP contribution in [0.2, 0.25) is 0 Å². The van der Waals surface area contributed by atoms with Gasteiger partial charge in [0.2, 0.25) is 0 Å². The van der Waals surface area contributed by atoms with Crippen molar-refractivity contribution in [3.05, 3.63) is 0 Å². The predicted octanol–water partition coefficient (Wildman–Crippen LogP) is 1.15. The zero-order chi connectivity index (χ0) is 11.5. The molecule has 0 aliphatic carbocycles. The van der Waals surface area contributed by atoms with Crippen LogP contribution in [0.25, 0.3) is 0 Å². The SMILES string of the molecule is CCN(C1CCNC1)C1CCN(C(C)C)C1. The van der Waals surface area contributed by atoms with Crippen LogP contribution >= 0.6 is 0 Å². The van der Waals surface area contributed by atoms with Crippen LogP contribution in [-0.4, -0.2) is 60.6 Å². The minimum Gasteiger partial charge on any atom is -0.315 e. The summed E-state index contributed by atoms with van der Waals surface area (Å²) < 4.78 is 0. The highest BCUT2D eigenvalue weighted by atomic mass is 15.3. The summed E-state index contributed by atoms with van der Waals surface area (Å²) in [5.41, 5.74) is 0. The van der Waals surface area contributed by atoms with Crippen molar-refractivity contribution >= 4 is 0 Å². The Morgan fingerprint density at radius 2 is 2.12 bits per heavy atom. The molecule has 1 N–H and O–H groups in total. The minimum absolute atomic E-state index is 0.713. The molecule has 0 aromatic rings. The predicted molar refractivity (Wildman–Crippen MR) is 68.8 cm³/mol. The lowest BCUT2D eigenvalue weighted by molar-refractivity contribution is 0.145. The standard InChI is InChI=1S/C13H27N3/c1-4-16(12-5-7-14-9-12)13-6-8-15(10-13)11(2)3/h11-14H,4-10H2,1-3H3. The van der Waals surface area contributed by atoms with E-state index < -0.39 is 0 Å². The topological polar surface area (TPSA) is 18.5 Å². The first-order valence-corrected chi connectivity index (χ1v) is 6.93. The molecule has 0 radical (unpaired) electrons. The van der Waals surface area contributed by atoms with E-state index in [0.29, 0.717) is 6.04 Å². The second-order valence-electron chi connectivity index (χ2n) is 5.51. The van der Waals surface area contributed by atoms with Gasteiger partial charge in [0.1, 0.15) is 0 Å². The van der Waals surface area contributed by atoms with Gasteiger partial charge < -0.3 is 5.32 Å². The van der Waals surface area contributed by atoms with E-state index in [0.717, 1.165) is 12.1 Å². The molecule has 2 aliphatic heterocycles. The van der Waals surface area contributed by atoms with Crippen LogP contribution in [0.15, 0.2) is 0 Å². The van der Waals surface area contributed by atoms with Crippen molar-refractivity contribution in [1.29, 1.82) is 0 Å². The van der Waals surface area contributed by atoms with E-state index in [1.54, 1.807) is 0 Å². The van der Waals surface area contributed by atoms with Crippen LogP contribution in [0.4, 0.5) is 0 Å². The maximum Gasteiger partial charge on any atom is 0.0238 e. The van der Waals surface area contributed by atoms with Gasteiger partial charge in [-0.15, -0.1) is 0 Å². The molecule has 2 heterocycles. The van der Waals surface area contributed by atoms with Gasteiger partial charge in [0.15, 0.2) is 0 Å². The number of likely N-dealkylation sites (N-methyl/N-ethyl adjacent to an activating group) is 1. The lowest BCUT2D eigenvalue weighted by Crippen LogP contribution is -2.46. The monoisotopic (exact) mass is 225 g/mol. The maximum atomic E-state index is 3.49. The van der Waals surface area contributed by atoms with Crippen LogP contribution in [0, 0.1) is 0 Å². The fourth-order valence-electron chi connectivity index (χ4n) is 3.24. The first-order chi connectivity index (χ1) is 7.72. The molecular weight excluding hydrogens is 198 g/mol. The van der Waals surface area contributed by atoms with Gasteiger partial charge in [-0.25, -0.2) is 0 Å². The first kappa shape index (κ1) is 12.3. The third-order valence-corrected chi connectivity index (χ3v) is 4.26. The number of nitrogens with one attached hydrogen (secondary N) is 1. The fraction of sp³-hybridized carbons (Fsp3) is 1.00. The molecule has 2 aliphatic rings. The van der Waals surface area contributed by atoms with Crippen molar-refractivity contribution in [2.24, 2.45) is 0 Å². The van der Waals surface area contributed by atoms with Crippen LogP contribution in [0.3, 0.4) is 0 Å². The van der Waals surface area contributed by atoms with E-state index in [4.69, 9.17) is 0 Å². The van der Waals surface area contributed by atoms with E-state index in [9.17, 15) is 0 Å². The van der Waals surface area contributed by atoms with Crippen molar-refractivity contribution in [3.8, 4) is 0 Å². The smallest absolute Gasteiger partial charge is 0.0238 e. The second-order valence-corrected chi connectivity index (χ2v) is 5.51. The average Bonchev–Trinajstić information content (AvgIpc) is 2.88. The van der Waals surface area contributed by atoms with Gasteiger partial charge in [0.05, 0.1) is 0 Å². The van der Waals surface area contributed by atoms with Gasteiger partial charge in [-0.3, -0.25) is 9.80 Å². The highest BCUT2D eigenvalue weighted by Gasteiger charge is 2.32. The summed E-state index contributed by atoms with van der Waals surface area (Å²) in [4.78, 5) is 5.36. The zero-order valence-corrected chi connectivity index (χ0v) is 11.1.